The van der Waals surface area contributed by atoms with E-state index < -0.39 is 21.0 Å². The molecule has 0 aromatic heterocycles. The minimum absolute atomic E-state index is 0.0491. The number of ether oxygens (including phenoxy) is 2. The largest absolute Gasteiger partial charge is 0.379 e. The van der Waals surface area contributed by atoms with Gasteiger partial charge in [0.1, 0.15) is 21.4 Å². The molecule has 2 unspecified atom stereocenters. The lowest BCUT2D eigenvalue weighted by molar-refractivity contribution is -0.0609. The Balaban J connectivity index is 2.59. The van der Waals surface area contributed by atoms with Crippen molar-refractivity contribution in [3.8, 4) is 0 Å². The van der Waals surface area contributed by atoms with E-state index in [1.165, 1.54) is 0 Å². The highest BCUT2D eigenvalue weighted by molar-refractivity contribution is 7.78. The van der Waals surface area contributed by atoms with Gasteiger partial charge in [-0.15, -0.1) is 0 Å². The molecule has 0 aliphatic carbocycles. The zero-order valence-electron chi connectivity index (χ0n) is 9.70. The first-order chi connectivity index (χ1) is 7.70. The van der Waals surface area contributed by atoms with Crippen LogP contribution >= 0.6 is 7.47 Å². The fourth-order valence-electron chi connectivity index (χ4n) is 1.73. The van der Waals surface area contributed by atoms with Crippen LogP contribution in [-0.4, -0.2) is 51.2 Å². The predicted molar refractivity (Wildman–Crippen MR) is 69.3 cm³/mol. The van der Waals surface area contributed by atoms with Crippen LogP contribution in [-0.2, 0) is 18.6 Å². The van der Waals surface area contributed by atoms with E-state index in [9.17, 15) is 9.46 Å². The molecule has 0 bridgehead atoms. The fraction of sp³-hybridized carbons (Fsp3) is 1.00. The van der Waals surface area contributed by atoms with Crippen LogP contribution < -0.4 is 0 Å². The first-order valence-corrected chi connectivity index (χ1v) is 6.40. The number of hydrogen-bond acceptors (Lipinski definition) is 4. The van der Waals surface area contributed by atoms with Crippen molar-refractivity contribution in [1.29, 1.82) is 0 Å². The van der Waals surface area contributed by atoms with Gasteiger partial charge in [0, 0.05) is 11.9 Å². The third-order valence-corrected chi connectivity index (χ3v) is 2.88. The van der Waals surface area contributed by atoms with Crippen LogP contribution in [0.3, 0.4) is 0 Å². The molecular weight excluding hydrogens is 241 g/mol. The molecule has 1 heterocycles. The first-order valence-electron chi connectivity index (χ1n) is 5.27. The second-order valence-corrected chi connectivity index (χ2v) is 4.92. The van der Waals surface area contributed by atoms with Crippen molar-refractivity contribution in [2.45, 2.75) is 45.1 Å². The van der Waals surface area contributed by atoms with Crippen molar-refractivity contribution in [1.82, 2.24) is 0 Å². The predicted octanol–water partition coefficient (Wildman–Crippen LogP) is -0.208. The van der Waals surface area contributed by atoms with E-state index in [-0.39, 0.29) is 30.8 Å². The van der Waals surface area contributed by atoms with Crippen molar-refractivity contribution in [2.24, 2.45) is 5.92 Å². The first kappa shape index (κ1) is 15.3. The summed E-state index contributed by atoms with van der Waals surface area (Å²) in [5, 5.41) is 0. The summed E-state index contributed by atoms with van der Waals surface area (Å²) in [6.45, 7) is 5.89. The highest BCUT2D eigenvalue weighted by Crippen LogP contribution is 2.37. The minimum Gasteiger partial charge on any atom is -0.379 e. The van der Waals surface area contributed by atoms with Gasteiger partial charge in [-0.3, -0.25) is 0 Å². The SMILES string of the molecule is [B][C@@H]1O[C@H](COP([BH3-])(=O)O)[C@@H](OC(C)C)C1C. The molecule has 5 nitrogen and oxygen atoms in total. The second kappa shape index (κ2) is 5.89. The van der Waals surface area contributed by atoms with Gasteiger partial charge >= 0.3 is 0 Å². The Morgan fingerprint density at radius 1 is 1.59 bits per heavy atom. The summed E-state index contributed by atoms with van der Waals surface area (Å²) in [4.78, 5) is 9.19. The van der Waals surface area contributed by atoms with Crippen molar-refractivity contribution >= 4 is 22.9 Å². The summed E-state index contributed by atoms with van der Waals surface area (Å²) in [7, 11) is 1.82. The Kier molecular flexibility index (Phi) is 5.29. The zero-order chi connectivity index (χ0) is 13.2. The van der Waals surface area contributed by atoms with Crippen LogP contribution in [0.4, 0.5) is 0 Å². The topological polar surface area (TPSA) is 65.0 Å². The van der Waals surface area contributed by atoms with Gasteiger partial charge in [-0.2, -0.15) is 0 Å². The lowest BCUT2D eigenvalue weighted by Gasteiger charge is -2.25. The van der Waals surface area contributed by atoms with Crippen LogP contribution in [0.5, 0.6) is 0 Å². The molecule has 0 amide bonds. The van der Waals surface area contributed by atoms with Gasteiger partial charge in [0.05, 0.1) is 26.4 Å². The van der Waals surface area contributed by atoms with Gasteiger partial charge in [-0.25, -0.2) is 0 Å². The van der Waals surface area contributed by atoms with Gasteiger partial charge in [0.2, 0.25) is 0 Å². The van der Waals surface area contributed by atoms with E-state index in [1.54, 1.807) is 0 Å². The van der Waals surface area contributed by atoms with Crippen molar-refractivity contribution < 1.29 is 23.5 Å². The van der Waals surface area contributed by atoms with Gasteiger partial charge in [-0.1, -0.05) is 6.92 Å². The zero-order valence-corrected chi connectivity index (χ0v) is 10.6. The molecule has 1 rings (SSSR count). The van der Waals surface area contributed by atoms with Crippen LogP contribution in [0.1, 0.15) is 20.8 Å². The van der Waals surface area contributed by atoms with Crippen LogP contribution in [0.2, 0.25) is 0 Å². The normalized spacial score (nSPS) is 37.3. The minimum atomic E-state index is -3.24. The van der Waals surface area contributed by atoms with Crippen molar-refractivity contribution in [3.63, 3.8) is 0 Å². The summed E-state index contributed by atoms with van der Waals surface area (Å²) >= 11 is 0. The molecule has 0 aromatic rings. The van der Waals surface area contributed by atoms with Crippen molar-refractivity contribution in [2.75, 3.05) is 6.61 Å². The van der Waals surface area contributed by atoms with Gasteiger partial charge in [-0.05, 0) is 13.8 Å². The van der Waals surface area contributed by atoms with Crippen LogP contribution in [0.25, 0.3) is 0 Å². The molecule has 98 valence electrons. The van der Waals surface area contributed by atoms with E-state index in [4.69, 9.17) is 21.8 Å². The Morgan fingerprint density at radius 2 is 2.18 bits per heavy atom. The lowest BCUT2D eigenvalue weighted by Crippen LogP contribution is -2.34. The maximum Gasteiger partial charge on any atom is 0.144 e. The molecule has 1 N–H and O–H groups in total. The Morgan fingerprint density at radius 3 is 2.65 bits per heavy atom. The number of rotatable bonds is 5. The fourth-order valence-corrected chi connectivity index (χ4v) is 2.00. The average molecular weight is 261 g/mol. The summed E-state index contributed by atoms with van der Waals surface area (Å²) in [6.07, 6.45) is -0.485. The van der Waals surface area contributed by atoms with Crippen LogP contribution in [0, 0.1) is 5.92 Å². The third-order valence-electron chi connectivity index (χ3n) is 2.51. The van der Waals surface area contributed by atoms with Gasteiger partial charge < -0.3 is 23.5 Å². The maximum atomic E-state index is 11.2. The second-order valence-electron chi connectivity index (χ2n) is 4.18. The molecule has 5 atom stereocenters. The molecule has 8 heteroatoms. The third kappa shape index (κ3) is 4.76. The molecular formula is C9H20B2O5P-. The standard InChI is InChI=1S/C9H20B2O5P/c1-5(2)15-8-6(3)9(10)16-7(8)4-14-17(11,12)13/h5-9H,4H2,1-3,11H3,(H,12,13)/q-1/t6?,7-,8+,9-/m1/s1. The Labute approximate surface area is 105 Å². The molecule has 0 saturated carbocycles. The summed E-state index contributed by atoms with van der Waals surface area (Å²) in [5.41, 5.74) is 0. The van der Waals surface area contributed by atoms with E-state index in [1.807, 2.05) is 20.8 Å². The van der Waals surface area contributed by atoms with E-state index in [0.29, 0.717) is 0 Å². The highest BCUT2D eigenvalue weighted by atomic mass is 31.2. The monoisotopic (exact) mass is 261 g/mol. The molecule has 1 saturated heterocycles. The molecule has 1 fully saturated rings. The molecule has 0 spiro atoms. The van der Waals surface area contributed by atoms with Gasteiger partial charge in [0.15, 0.2) is 0 Å². The summed E-state index contributed by atoms with van der Waals surface area (Å²) in [5.74, 6) is 0.0491. The molecule has 1 aliphatic rings. The van der Waals surface area contributed by atoms with E-state index in [0.717, 1.165) is 0 Å². The molecule has 2 radical (unpaired) electrons. The Hall–Kier alpha value is 0.200. The molecule has 1 aliphatic heterocycles. The van der Waals surface area contributed by atoms with E-state index >= 15 is 0 Å². The molecule has 0 aromatic carbocycles. The quantitative estimate of drug-likeness (QED) is 0.548. The van der Waals surface area contributed by atoms with Crippen molar-refractivity contribution in [3.05, 3.63) is 0 Å². The smallest absolute Gasteiger partial charge is 0.144 e. The van der Waals surface area contributed by atoms with Crippen LogP contribution in [0.15, 0.2) is 0 Å². The summed E-state index contributed by atoms with van der Waals surface area (Å²) in [6, 6.07) is -0.408. The highest BCUT2D eigenvalue weighted by Gasteiger charge is 2.40. The van der Waals surface area contributed by atoms with Gasteiger partial charge in [0.25, 0.3) is 0 Å². The average Bonchev–Trinajstić information content (AvgIpc) is 2.41. The van der Waals surface area contributed by atoms with E-state index in [2.05, 4.69) is 0 Å². The number of hydrogen-bond donors (Lipinski definition) is 1. The molecule has 17 heavy (non-hydrogen) atoms. The maximum absolute atomic E-state index is 11.2. The lowest BCUT2D eigenvalue weighted by atomic mass is 9.86. The Bertz CT molecular complexity index is 295. The summed E-state index contributed by atoms with van der Waals surface area (Å²) < 4.78 is 27.4.